The Morgan fingerprint density at radius 2 is 1.68 bits per heavy atom. The Morgan fingerprint density at radius 3 is 2.29 bits per heavy atom. The Labute approximate surface area is 206 Å². The van der Waals surface area contributed by atoms with Crippen molar-refractivity contribution in [3.63, 3.8) is 0 Å². The number of carboxylic acid groups (broad SMARTS) is 1. The van der Waals surface area contributed by atoms with Crippen molar-refractivity contribution in [3.05, 3.63) is 93.5 Å². The summed E-state index contributed by atoms with van der Waals surface area (Å²) in [4.78, 5) is 23.9. The van der Waals surface area contributed by atoms with Gasteiger partial charge in [0.05, 0.1) is 18.2 Å². The van der Waals surface area contributed by atoms with Gasteiger partial charge in [-0.05, 0) is 53.4 Å². The quantitative estimate of drug-likeness (QED) is 0.423. The van der Waals surface area contributed by atoms with E-state index in [9.17, 15) is 14.0 Å². The lowest BCUT2D eigenvalue weighted by Gasteiger charge is -2.23. The van der Waals surface area contributed by atoms with Gasteiger partial charge in [-0.3, -0.25) is 9.59 Å². The van der Waals surface area contributed by atoms with Crippen LogP contribution in [-0.4, -0.2) is 33.9 Å². The molecule has 1 amide bonds. The van der Waals surface area contributed by atoms with Gasteiger partial charge in [0.2, 0.25) is 0 Å². The largest absolute Gasteiger partial charge is 0.481 e. The maximum atomic E-state index is 14.6. The normalized spacial score (nSPS) is 16.3. The molecule has 2 unspecified atom stereocenters. The molecule has 1 heterocycles. The molecule has 2 atom stereocenters. The molecule has 1 aliphatic rings. The average Bonchev–Trinajstić information content (AvgIpc) is 3.24. The number of carboxylic acids is 1. The predicted molar refractivity (Wildman–Crippen MR) is 131 cm³/mol. The molecular weight excluding hydrogens is 478 g/mol. The van der Waals surface area contributed by atoms with Crippen molar-refractivity contribution in [2.24, 2.45) is 5.10 Å². The molecular formula is C26H21Cl2FN2O3. The van der Waals surface area contributed by atoms with Gasteiger partial charge >= 0.3 is 5.97 Å². The molecule has 174 valence electrons. The molecule has 1 aliphatic heterocycles. The van der Waals surface area contributed by atoms with Crippen LogP contribution in [0.25, 0.3) is 11.1 Å². The Morgan fingerprint density at radius 1 is 1.06 bits per heavy atom. The van der Waals surface area contributed by atoms with Crippen LogP contribution in [0.5, 0.6) is 0 Å². The number of aliphatic carboxylic acids is 1. The number of alkyl halides is 1. The highest BCUT2D eigenvalue weighted by Gasteiger charge is 2.38. The summed E-state index contributed by atoms with van der Waals surface area (Å²) in [6.07, 6.45) is -2.80. The zero-order valence-electron chi connectivity index (χ0n) is 18.2. The molecule has 4 rings (SSSR count). The minimum atomic E-state index is -2.20. The lowest BCUT2D eigenvalue weighted by Crippen LogP contribution is -2.35. The first kappa shape index (κ1) is 23.9. The lowest BCUT2D eigenvalue weighted by atomic mass is 9.90. The van der Waals surface area contributed by atoms with E-state index < -0.39 is 30.5 Å². The third-order valence-electron chi connectivity index (χ3n) is 5.73. The van der Waals surface area contributed by atoms with E-state index in [1.807, 2.05) is 37.3 Å². The second-order valence-electron chi connectivity index (χ2n) is 8.07. The van der Waals surface area contributed by atoms with Crippen LogP contribution in [0.4, 0.5) is 4.39 Å². The van der Waals surface area contributed by atoms with Gasteiger partial charge in [0.15, 0.2) is 6.17 Å². The van der Waals surface area contributed by atoms with Gasteiger partial charge in [-0.15, -0.1) is 0 Å². The average molecular weight is 499 g/mol. The number of benzene rings is 3. The summed E-state index contributed by atoms with van der Waals surface area (Å²) in [5, 5.41) is 15.7. The first-order chi connectivity index (χ1) is 16.2. The molecule has 0 fully saturated rings. The van der Waals surface area contributed by atoms with Crippen molar-refractivity contribution >= 4 is 40.8 Å². The van der Waals surface area contributed by atoms with E-state index >= 15 is 0 Å². The molecule has 34 heavy (non-hydrogen) atoms. The summed E-state index contributed by atoms with van der Waals surface area (Å²) in [6.45, 7) is 1.98. The van der Waals surface area contributed by atoms with E-state index in [4.69, 9.17) is 28.3 Å². The Balaban J connectivity index is 1.79. The monoisotopic (exact) mass is 498 g/mol. The summed E-state index contributed by atoms with van der Waals surface area (Å²) in [5.41, 5.74) is 5.01. The van der Waals surface area contributed by atoms with E-state index in [1.165, 1.54) is 0 Å². The number of carbonyl (C=O) groups excluding carboxylic acids is 1. The van der Waals surface area contributed by atoms with Crippen LogP contribution in [-0.2, 0) is 9.59 Å². The van der Waals surface area contributed by atoms with Gasteiger partial charge in [-0.1, -0.05) is 65.7 Å². The first-order valence-corrected chi connectivity index (χ1v) is 11.4. The van der Waals surface area contributed by atoms with Gasteiger partial charge in [-0.2, -0.15) is 5.10 Å². The number of amides is 1. The van der Waals surface area contributed by atoms with Gasteiger partial charge in [0.1, 0.15) is 0 Å². The number of halogens is 3. The molecule has 0 aromatic heterocycles. The predicted octanol–water partition coefficient (Wildman–Crippen LogP) is 6.46. The van der Waals surface area contributed by atoms with Gasteiger partial charge in [0, 0.05) is 22.0 Å². The van der Waals surface area contributed by atoms with Gasteiger partial charge < -0.3 is 5.11 Å². The van der Waals surface area contributed by atoms with Crippen molar-refractivity contribution in [2.75, 3.05) is 0 Å². The summed E-state index contributed by atoms with van der Waals surface area (Å²) in [7, 11) is 0. The van der Waals surface area contributed by atoms with E-state index in [2.05, 4.69) is 5.10 Å². The van der Waals surface area contributed by atoms with Gasteiger partial charge in [-0.25, -0.2) is 9.40 Å². The maximum Gasteiger partial charge on any atom is 0.306 e. The second-order valence-corrected chi connectivity index (χ2v) is 8.94. The fourth-order valence-electron chi connectivity index (χ4n) is 4.11. The van der Waals surface area contributed by atoms with Crippen molar-refractivity contribution in [1.82, 2.24) is 5.01 Å². The fourth-order valence-corrected chi connectivity index (χ4v) is 4.36. The molecule has 0 radical (unpaired) electrons. The SMILES string of the molecule is Cc1cccc(C2=NN(C(=O)C(F)CC(=O)O)C(c3ccc(Cl)cc3)C2)c1-c1ccc(Cl)cc1. The van der Waals surface area contributed by atoms with Crippen molar-refractivity contribution in [3.8, 4) is 11.1 Å². The van der Waals surface area contributed by atoms with Crippen molar-refractivity contribution < 1.29 is 19.1 Å². The smallest absolute Gasteiger partial charge is 0.306 e. The minimum absolute atomic E-state index is 0.331. The minimum Gasteiger partial charge on any atom is -0.481 e. The molecule has 5 nitrogen and oxygen atoms in total. The van der Waals surface area contributed by atoms with Crippen molar-refractivity contribution in [2.45, 2.75) is 32.0 Å². The Kier molecular flexibility index (Phi) is 7.00. The lowest BCUT2D eigenvalue weighted by molar-refractivity contribution is -0.146. The molecule has 8 heteroatoms. The number of nitrogens with zero attached hydrogens (tertiary/aromatic N) is 2. The molecule has 3 aromatic carbocycles. The number of rotatable bonds is 6. The summed E-state index contributed by atoms with van der Waals surface area (Å²) >= 11 is 12.1. The number of carbonyl (C=O) groups is 2. The standard InChI is InChI=1S/C26H21Cl2FN2O3/c1-15-3-2-4-20(25(15)17-7-11-19(28)12-8-17)22-14-23(16-5-9-18(27)10-6-16)31(30-22)26(34)21(29)13-24(32)33/h2-12,21,23H,13-14H2,1H3,(H,32,33). The zero-order chi connectivity index (χ0) is 24.4. The maximum absolute atomic E-state index is 14.6. The highest BCUT2D eigenvalue weighted by Crippen LogP contribution is 2.38. The first-order valence-electron chi connectivity index (χ1n) is 10.6. The Hall–Kier alpha value is -3.22. The zero-order valence-corrected chi connectivity index (χ0v) is 19.7. The fraction of sp³-hybridized carbons (Fsp3) is 0.192. The van der Waals surface area contributed by atoms with Crippen LogP contribution in [0.1, 0.15) is 35.6 Å². The molecule has 0 saturated carbocycles. The molecule has 0 aliphatic carbocycles. The molecule has 0 spiro atoms. The molecule has 0 saturated heterocycles. The van der Waals surface area contributed by atoms with Crippen LogP contribution in [0.2, 0.25) is 10.0 Å². The van der Waals surface area contributed by atoms with Crippen LogP contribution in [0, 0.1) is 6.92 Å². The number of hydrogen-bond donors (Lipinski definition) is 1. The van der Waals surface area contributed by atoms with Crippen LogP contribution < -0.4 is 0 Å². The van der Waals surface area contributed by atoms with Crippen LogP contribution in [0.3, 0.4) is 0 Å². The highest BCUT2D eigenvalue weighted by atomic mass is 35.5. The van der Waals surface area contributed by atoms with E-state index in [-0.39, 0.29) is 0 Å². The van der Waals surface area contributed by atoms with Crippen molar-refractivity contribution in [1.29, 1.82) is 0 Å². The molecule has 1 N–H and O–H groups in total. The van der Waals surface area contributed by atoms with Gasteiger partial charge in [0.25, 0.3) is 5.91 Å². The third-order valence-corrected chi connectivity index (χ3v) is 6.23. The van der Waals surface area contributed by atoms with E-state index in [1.54, 1.807) is 36.4 Å². The summed E-state index contributed by atoms with van der Waals surface area (Å²) in [6, 6.07) is 19.5. The van der Waals surface area contributed by atoms with Crippen LogP contribution in [0.15, 0.2) is 71.8 Å². The molecule has 0 bridgehead atoms. The second kappa shape index (κ2) is 9.95. The Bertz CT molecular complexity index is 1260. The molecule has 3 aromatic rings. The van der Waals surface area contributed by atoms with Crippen LogP contribution >= 0.6 is 23.2 Å². The highest BCUT2D eigenvalue weighted by molar-refractivity contribution is 6.30. The number of hydrogen-bond acceptors (Lipinski definition) is 3. The number of aryl methyl sites for hydroxylation is 1. The van der Waals surface area contributed by atoms with E-state index in [0.29, 0.717) is 22.2 Å². The van der Waals surface area contributed by atoms with E-state index in [0.717, 1.165) is 32.8 Å². The topological polar surface area (TPSA) is 70.0 Å². The summed E-state index contributed by atoms with van der Waals surface area (Å²) < 4.78 is 14.6. The number of hydrazone groups is 1. The summed E-state index contributed by atoms with van der Waals surface area (Å²) in [5.74, 6) is -2.38. The third kappa shape index (κ3) is 4.98.